The van der Waals surface area contributed by atoms with E-state index in [-0.39, 0.29) is 12.3 Å². The van der Waals surface area contributed by atoms with Gasteiger partial charge in [-0.2, -0.15) is 8.78 Å². The Morgan fingerprint density at radius 3 is 2.75 bits per heavy atom. The van der Waals surface area contributed by atoms with Crippen molar-refractivity contribution in [2.24, 2.45) is 0 Å². The molecule has 3 nitrogen and oxygen atoms in total. The van der Waals surface area contributed by atoms with E-state index in [1.54, 1.807) is 24.3 Å². The average Bonchev–Trinajstić information content (AvgIpc) is 2.53. The Morgan fingerprint density at radius 2 is 2.00 bits per heavy atom. The smallest absolute Gasteiger partial charge is 0.288 e. The monoisotopic (exact) mass is 351 g/mol. The summed E-state index contributed by atoms with van der Waals surface area (Å²) in [4.78, 5) is 12.3. The van der Waals surface area contributed by atoms with E-state index in [1.807, 2.05) is 31.2 Å². The number of carbonyl (C=O) groups excluding carboxylic acids is 1. The maximum absolute atomic E-state index is 12.5. The van der Waals surface area contributed by atoms with Gasteiger partial charge in [-0.25, -0.2) is 0 Å². The Kier molecular flexibility index (Phi) is 7.06. The molecule has 2 rings (SSSR count). The van der Waals surface area contributed by atoms with Crippen LogP contribution in [0.15, 0.2) is 53.4 Å². The summed E-state index contributed by atoms with van der Waals surface area (Å²) < 4.78 is 30.6. The first-order valence-electron chi connectivity index (χ1n) is 7.58. The van der Waals surface area contributed by atoms with Crippen molar-refractivity contribution >= 4 is 23.4 Å². The highest BCUT2D eigenvalue weighted by Crippen LogP contribution is 2.31. The second kappa shape index (κ2) is 9.27. The van der Waals surface area contributed by atoms with Crippen LogP contribution in [0.3, 0.4) is 0 Å². The molecular formula is C18H19F2NO2S. The highest BCUT2D eigenvalue weighted by molar-refractivity contribution is 7.99. The lowest BCUT2D eigenvalue weighted by Gasteiger charge is -2.10. The zero-order valence-corrected chi connectivity index (χ0v) is 14.1. The lowest BCUT2D eigenvalue weighted by Crippen LogP contribution is -2.13. The van der Waals surface area contributed by atoms with Gasteiger partial charge in [0.05, 0.1) is 12.3 Å². The number of para-hydroxylation sites is 1. The van der Waals surface area contributed by atoms with Gasteiger partial charge in [0, 0.05) is 11.3 Å². The van der Waals surface area contributed by atoms with E-state index in [1.165, 1.54) is 0 Å². The Hall–Kier alpha value is -2.08. The second-order valence-electron chi connectivity index (χ2n) is 5.19. The van der Waals surface area contributed by atoms with Crippen molar-refractivity contribution in [3.05, 3.63) is 54.1 Å². The van der Waals surface area contributed by atoms with Gasteiger partial charge in [-0.1, -0.05) is 36.0 Å². The quantitative estimate of drug-likeness (QED) is 0.531. The van der Waals surface area contributed by atoms with Crippen LogP contribution in [-0.2, 0) is 4.79 Å². The molecule has 0 heterocycles. The third-order valence-corrected chi connectivity index (χ3v) is 3.97. The van der Waals surface area contributed by atoms with Crippen LogP contribution >= 0.6 is 11.8 Å². The summed E-state index contributed by atoms with van der Waals surface area (Å²) in [5.41, 5.74) is 1.52. The molecule has 0 fully saturated rings. The summed E-state index contributed by atoms with van der Waals surface area (Å²) in [5, 5.41) is 2.68. The molecule has 0 aliphatic carbocycles. The van der Waals surface area contributed by atoms with Gasteiger partial charge < -0.3 is 10.1 Å². The molecule has 1 amide bonds. The summed E-state index contributed by atoms with van der Waals surface area (Å²) in [6.45, 7) is 2.40. The van der Waals surface area contributed by atoms with E-state index in [0.717, 1.165) is 11.3 Å². The number of thioether (sulfide) groups is 1. The summed E-state index contributed by atoms with van der Waals surface area (Å²) >= 11 is 0.421. The SMILES string of the molecule is Cc1cccc(OCCCC(=O)Nc2ccccc2SC(F)F)c1. The number of ether oxygens (including phenoxy) is 1. The summed E-state index contributed by atoms with van der Waals surface area (Å²) in [5.74, 6) is -1.97. The van der Waals surface area contributed by atoms with Crippen LogP contribution < -0.4 is 10.1 Å². The van der Waals surface area contributed by atoms with E-state index >= 15 is 0 Å². The van der Waals surface area contributed by atoms with Crippen LogP contribution in [0.4, 0.5) is 14.5 Å². The number of aryl methyl sites for hydroxylation is 1. The fraction of sp³-hybridized carbons (Fsp3) is 0.278. The predicted molar refractivity (Wildman–Crippen MR) is 92.8 cm³/mol. The number of rotatable bonds is 8. The molecule has 6 heteroatoms. The van der Waals surface area contributed by atoms with E-state index in [9.17, 15) is 13.6 Å². The van der Waals surface area contributed by atoms with Gasteiger partial charge in [-0.15, -0.1) is 0 Å². The minimum atomic E-state index is -2.52. The van der Waals surface area contributed by atoms with E-state index in [4.69, 9.17) is 4.74 Å². The molecule has 0 spiro atoms. The lowest BCUT2D eigenvalue weighted by atomic mass is 10.2. The van der Waals surface area contributed by atoms with E-state index < -0.39 is 5.76 Å². The predicted octanol–water partition coefficient (Wildman–Crippen LogP) is 5.11. The molecule has 2 aromatic carbocycles. The van der Waals surface area contributed by atoms with Gasteiger partial charge in [-0.05, 0) is 43.2 Å². The molecule has 0 aliphatic heterocycles. The molecular weight excluding hydrogens is 332 g/mol. The topological polar surface area (TPSA) is 38.3 Å². The molecule has 0 saturated heterocycles. The molecule has 0 bridgehead atoms. The number of carbonyl (C=O) groups is 1. The second-order valence-corrected chi connectivity index (χ2v) is 6.22. The van der Waals surface area contributed by atoms with Gasteiger partial charge in [0.25, 0.3) is 5.76 Å². The van der Waals surface area contributed by atoms with Crippen molar-refractivity contribution < 1.29 is 18.3 Å². The first-order valence-corrected chi connectivity index (χ1v) is 8.46. The number of amides is 1. The maximum Gasteiger partial charge on any atom is 0.288 e. The number of benzene rings is 2. The summed E-state index contributed by atoms with van der Waals surface area (Å²) in [6.07, 6.45) is 0.809. The Labute approximate surface area is 144 Å². The zero-order valence-electron chi connectivity index (χ0n) is 13.3. The van der Waals surface area contributed by atoms with Crippen LogP contribution in [0, 0.1) is 6.92 Å². The third kappa shape index (κ3) is 6.20. The van der Waals surface area contributed by atoms with Gasteiger partial charge in [0.15, 0.2) is 0 Å². The molecule has 0 aliphatic rings. The molecule has 0 radical (unpaired) electrons. The van der Waals surface area contributed by atoms with Gasteiger partial charge in [-0.3, -0.25) is 4.79 Å². The van der Waals surface area contributed by atoms with Crippen molar-refractivity contribution in [2.45, 2.75) is 30.4 Å². The summed E-state index contributed by atoms with van der Waals surface area (Å²) in [7, 11) is 0. The highest BCUT2D eigenvalue weighted by Gasteiger charge is 2.11. The van der Waals surface area contributed by atoms with Gasteiger partial charge in [0.1, 0.15) is 5.75 Å². The molecule has 0 aromatic heterocycles. The average molecular weight is 351 g/mol. The minimum Gasteiger partial charge on any atom is -0.494 e. The van der Waals surface area contributed by atoms with Gasteiger partial charge in [0.2, 0.25) is 5.91 Å². The van der Waals surface area contributed by atoms with Crippen molar-refractivity contribution in [1.29, 1.82) is 0 Å². The minimum absolute atomic E-state index is 0.217. The van der Waals surface area contributed by atoms with Crippen LogP contribution in [-0.4, -0.2) is 18.3 Å². The van der Waals surface area contributed by atoms with E-state index in [0.29, 0.717) is 35.4 Å². The number of nitrogens with one attached hydrogen (secondary N) is 1. The highest BCUT2D eigenvalue weighted by atomic mass is 32.2. The van der Waals surface area contributed by atoms with Crippen LogP contribution in [0.1, 0.15) is 18.4 Å². The molecule has 0 unspecified atom stereocenters. The van der Waals surface area contributed by atoms with Crippen molar-refractivity contribution in [2.75, 3.05) is 11.9 Å². The number of anilines is 1. The van der Waals surface area contributed by atoms with Crippen molar-refractivity contribution in [3.8, 4) is 5.75 Å². The molecule has 128 valence electrons. The normalized spacial score (nSPS) is 10.7. The fourth-order valence-electron chi connectivity index (χ4n) is 2.11. The van der Waals surface area contributed by atoms with Crippen LogP contribution in [0.5, 0.6) is 5.75 Å². The first kappa shape index (κ1) is 18.3. The Balaban J connectivity index is 1.77. The van der Waals surface area contributed by atoms with Crippen LogP contribution in [0.25, 0.3) is 0 Å². The van der Waals surface area contributed by atoms with Crippen LogP contribution in [0.2, 0.25) is 0 Å². The molecule has 0 atom stereocenters. The standard InChI is InChI=1S/C18H19F2NO2S/c1-13-6-4-7-14(12-13)23-11-5-10-17(22)21-15-8-2-3-9-16(15)24-18(19)20/h2-4,6-9,12,18H,5,10-11H2,1H3,(H,21,22). The Morgan fingerprint density at radius 1 is 1.21 bits per heavy atom. The molecule has 24 heavy (non-hydrogen) atoms. The number of halogens is 2. The summed E-state index contributed by atoms with van der Waals surface area (Å²) in [6, 6.07) is 14.2. The lowest BCUT2D eigenvalue weighted by molar-refractivity contribution is -0.116. The third-order valence-electron chi connectivity index (χ3n) is 3.18. The number of hydrogen-bond acceptors (Lipinski definition) is 3. The molecule has 1 N–H and O–H groups in total. The largest absolute Gasteiger partial charge is 0.494 e. The van der Waals surface area contributed by atoms with Gasteiger partial charge >= 0.3 is 0 Å². The van der Waals surface area contributed by atoms with Crippen molar-refractivity contribution in [1.82, 2.24) is 0 Å². The fourth-order valence-corrected chi connectivity index (χ4v) is 2.70. The maximum atomic E-state index is 12.5. The first-order chi connectivity index (χ1) is 11.5. The van der Waals surface area contributed by atoms with E-state index in [2.05, 4.69) is 5.32 Å². The number of hydrogen-bond donors (Lipinski definition) is 1. The zero-order chi connectivity index (χ0) is 17.4. The number of alkyl halides is 2. The Bertz CT molecular complexity index is 680. The molecule has 2 aromatic rings. The molecule has 0 saturated carbocycles. The van der Waals surface area contributed by atoms with Crippen molar-refractivity contribution in [3.63, 3.8) is 0 Å².